The molecule has 0 aliphatic rings. The smallest absolute Gasteiger partial charge is 0.258 e. The minimum Gasteiger partial charge on any atom is -0.494 e. The molecule has 0 fully saturated rings. The maximum atomic E-state index is 13.5. The molecule has 0 spiro atoms. The van der Waals surface area contributed by atoms with E-state index in [0.29, 0.717) is 65.6 Å². The predicted octanol–water partition coefficient (Wildman–Crippen LogP) is 12.0. The molecule has 2 atom stereocenters. The average Bonchev–Trinajstić information content (AvgIpc) is 3.32. The highest BCUT2D eigenvalue weighted by molar-refractivity contribution is 6.35. The van der Waals surface area contributed by atoms with Gasteiger partial charge in [-0.1, -0.05) is 35.3 Å². The van der Waals surface area contributed by atoms with Gasteiger partial charge in [0.1, 0.15) is 11.5 Å². The average molecular weight is 1050 g/mol. The van der Waals surface area contributed by atoms with Crippen molar-refractivity contribution in [1.29, 1.82) is 0 Å². The number of carbonyl (C=O) groups excluding carboxylic acids is 6. The van der Waals surface area contributed by atoms with Crippen molar-refractivity contribution in [3.63, 3.8) is 0 Å². The maximum absolute atomic E-state index is 13.5. The zero-order valence-electron chi connectivity index (χ0n) is 38.2. The van der Waals surface area contributed by atoms with E-state index >= 15 is 0 Å². The highest BCUT2D eigenvalue weighted by atomic mass is 35.5. The first kappa shape index (κ1) is 54.5. The van der Waals surface area contributed by atoms with Crippen LogP contribution >= 0.6 is 58.0 Å². The van der Waals surface area contributed by atoms with Gasteiger partial charge < -0.3 is 30.7 Å². The highest BCUT2D eigenvalue weighted by Gasteiger charge is 2.27. The van der Waals surface area contributed by atoms with E-state index < -0.39 is 47.3 Å². The van der Waals surface area contributed by atoms with E-state index in [4.69, 9.17) is 67.5 Å². The summed E-state index contributed by atoms with van der Waals surface area (Å²) in [6, 6.07) is 20.1. The number of hydrogen-bond donors (Lipinski definition) is 4. The molecule has 0 aromatic heterocycles. The summed E-state index contributed by atoms with van der Waals surface area (Å²) in [6.07, 6.45) is 0.854. The lowest BCUT2D eigenvalue weighted by atomic mass is 10.1. The summed E-state index contributed by atoms with van der Waals surface area (Å²) in [6.45, 7) is 6.84. The van der Waals surface area contributed by atoms with Gasteiger partial charge in [0.05, 0.1) is 45.8 Å². The van der Waals surface area contributed by atoms with Gasteiger partial charge in [-0.2, -0.15) is 20.5 Å². The summed E-state index contributed by atoms with van der Waals surface area (Å²) < 4.78 is 11.4. The molecule has 0 aliphatic heterocycles. The van der Waals surface area contributed by atoms with Crippen LogP contribution in [0.25, 0.3) is 0 Å². The molecule has 2 unspecified atom stereocenters. The minimum atomic E-state index is -1.62. The number of rotatable bonds is 23. The maximum Gasteiger partial charge on any atom is 0.258 e. The standard InChI is InChI=1S/C49H47Cl5N8O8/c1-5-69-42-11-7-9-40(33(42)19-21-50)57-46(65)35-24-31(13-16-37(35)53)59-61-44(27(3)63)48(67)55-30-15-18-39(29(23-30)26-52)56-49(68)45(28(4)64)62-60-32-14-17-38(54)36(25-32)47(66)58-41-10-8-12-43(70-6-2)34(41)20-22-51/h7-18,23-25,44-45H,5-6,19-22,26H2,1-4H3,(H,55,67)(H,56,68)(H,57,65)(H,58,66). The summed E-state index contributed by atoms with van der Waals surface area (Å²) in [7, 11) is 0. The van der Waals surface area contributed by atoms with Crippen molar-refractivity contribution >= 4 is 127 Å². The van der Waals surface area contributed by atoms with Crippen LogP contribution < -0.4 is 30.7 Å². The van der Waals surface area contributed by atoms with Gasteiger partial charge in [-0.25, -0.2) is 0 Å². The predicted molar refractivity (Wildman–Crippen MR) is 274 cm³/mol. The van der Waals surface area contributed by atoms with Gasteiger partial charge >= 0.3 is 0 Å². The molecule has 0 bridgehead atoms. The fourth-order valence-electron chi connectivity index (χ4n) is 6.73. The molecular weight excluding hydrogens is 1010 g/mol. The Morgan fingerprint density at radius 1 is 0.557 bits per heavy atom. The summed E-state index contributed by atoms with van der Waals surface area (Å²) >= 11 is 31.1. The van der Waals surface area contributed by atoms with E-state index in [1.807, 2.05) is 13.8 Å². The normalized spacial score (nSPS) is 12.0. The van der Waals surface area contributed by atoms with E-state index in [9.17, 15) is 28.8 Å². The molecule has 0 saturated carbocycles. The Morgan fingerprint density at radius 3 is 1.43 bits per heavy atom. The zero-order valence-corrected chi connectivity index (χ0v) is 42.0. The zero-order chi connectivity index (χ0) is 50.9. The van der Waals surface area contributed by atoms with Crippen LogP contribution in [0.2, 0.25) is 10.0 Å². The number of halogens is 5. The number of ether oxygens (including phenoxy) is 2. The lowest BCUT2D eigenvalue weighted by Gasteiger charge is -2.16. The van der Waals surface area contributed by atoms with Crippen molar-refractivity contribution < 1.29 is 38.2 Å². The number of alkyl halides is 3. The molecule has 70 heavy (non-hydrogen) atoms. The first-order valence-electron chi connectivity index (χ1n) is 21.6. The van der Waals surface area contributed by atoms with Crippen LogP contribution in [0, 0.1) is 0 Å². The monoisotopic (exact) mass is 1050 g/mol. The van der Waals surface area contributed by atoms with Crippen molar-refractivity contribution in [3.05, 3.63) is 129 Å². The Hall–Kier alpha value is -6.43. The molecule has 0 heterocycles. The Labute approximate surface area is 428 Å². The molecule has 16 nitrogen and oxygen atoms in total. The molecule has 5 rings (SSSR count). The summed E-state index contributed by atoms with van der Waals surface area (Å²) in [4.78, 5) is 79.2. The molecule has 0 saturated heterocycles. The van der Waals surface area contributed by atoms with E-state index in [0.717, 1.165) is 13.8 Å². The Morgan fingerprint density at radius 2 is 1.01 bits per heavy atom. The molecule has 366 valence electrons. The van der Waals surface area contributed by atoms with Crippen LogP contribution in [0.15, 0.2) is 111 Å². The topological polar surface area (TPSA) is 218 Å². The molecule has 5 aromatic rings. The first-order chi connectivity index (χ1) is 33.6. The molecule has 0 aliphatic carbocycles. The van der Waals surface area contributed by atoms with Crippen LogP contribution in [0.4, 0.5) is 34.1 Å². The molecule has 0 radical (unpaired) electrons. The largest absolute Gasteiger partial charge is 0.494 e. The van der Waals surface area contributed by atoms with Gasteiger partial charge in [-0.05, 0) is 125 Å². The van der Waals surface area contributed by atoms with Crippen molar-refractivity contribution in [2.75, 3.05) is 46.2 Å². The Balaban J connectivity index is 1.26. The van der Waals surface area contributed by atoms with Gasteiger partial charge in [0.15, 0.2) is 11.6 Å². The number of Topliss-reactive ketones (excluding diaryl/α,β-unsaturated/α-hetero) is 2. The van der Waals surface area contributed by atoms with Gasteiger partial charge in [0, 0.05) is 51.5 Å². The van der Waals surface area contributed by atoms with Crippen molar-refractivity contribution in [2.45, 2.75) is 58.5 Å². The van der Waals surface area contributed by atoms with Crippen molar-refractivity contribution in [2.24, 2.45) is 20.5 Å². The fraction of sp³-hybridized carbons (Fsp3) is 0.265. The summed E-state index contributed by atoms with van der Waals surface area (Å²) in [5.41, 5.74) is 3.45. The number of ketones is 2. The van der Waals surface area contributed by atoms with E-state index in [-0.39, 0.29) is 61.6 Å². The van der Waals surface area contributed by atoms with E-state index in [2.05, 4.69) is 41.7 Å². The lowest BCUT2D eigenvalue weighted by Crippen LogP contribution is -2.32. The third kappa shape index (κ3) is 14.6. The molecule has 4 N–H and O–H groups in total. The number of benzene rings is 5. The summed E-state index contributed by atoms with van der Waals surface area (Å²) in [5.74, 6) is -2.51. The third-order valence-electron chi connectivity index (χ3n) is 10.1. The third-order valence-corrected chi connectivity index (χ3v) is 11.4. The Bertz CT molecular complexity index is 2830. The Kier molecular flexibility index (Phi) is 20.7. The summed E-state index contributed by atoms with van der Waals surface area (Å²) in [5, 5.41) is 27.3. The number of azo groups is 2. The number of carbonyl (C=O) groups is 6. The quantitative estimate of drug-likeness (QED) is 0.0279. The molecule has 21 heteroatoms. The fourth-order valence-corrected chi connectivity index (χ4v) is 7.74. The number of anilines is 4. The molecule has 5 aromatic carbocycles. The minimum absolute atomic E-state index is 0.0490. The van der Waals surface area contributed by atoms with E-state index in [1.54, 1.807) is 36.4 Å². The second-order valence-corrected chi connectivity index (χ2v) is 16.8. The van der Waals surface area contributed by atoms with Crippen molar-refractivity contribution in [1.82, 2.24) is 0 Å². The van der Waals surface area contributed by atoms with Crippen LogP contribution in [0.3, 0.4) is 0 Å². The van der Waals surface area contributed by atoms with Crippen LogP contribution in [0.5, 0.6) is 11.5 Å². The molecular formula is C49H47Cl5N8O8. The second kappa shape index (κ2) is 26.5. The van der Waals surface area contributed by atoms with Crippen LogP contribution in [-0.2, 0) is 37.9 Å². The van der Waals surface area contributed by atoms with Crippen LogP contribution in [0.1, 0.15) is 65.1 Å². The van der Waals surface area contributed by atoms with Crippen molar-refractivity contribution in [3.8, 4) is 11.5 Å². The highest BCUT2D eigenvalue weighted by Crippen LogP contribution is 2.32. The van der Waals surface area contributed by atoms with Crippen LogP contribution in [-0.4, -0.2) is 72.3 Å². The van der Waals surface area contributed by atoms with Gasteiger partial charge in [-0.15, -0.1) is 34.8 Å². The SMILES string of the molecule is CCOc1cccc(NC(=O)c2cc(N=NC(C(C)=O)C(=O)Nc3ccc(NC(=O)C(N=Nc4ccc(Cl)c(C(=O)Nc5cccc(OCC)c5CCCl)c4)C(C)=O)c(CCl)c3)ccc2Cl)c1CCCl. The van der Waals surface area contributed by atoms with E-state index in [1.165, 1.54) is 54.6 Å². The number of amides is 4. The second-order valence-electron chi connectivity index (χ2n) is 15.0. The first-order valence-corrected chi connectivity index (χ1v) is 23.9. The van der Waals surface area contributed by atoms with Gasteiger partial charge in [0.25, 0.3) is 23.6 Å². The van der Waals surface area contributed by atoms with Gasteiger partial charge in [0.2, 0.25) is 12.1 Å². The number of hydrogen-bond acceptors (Lipinski definition) is 12. The lowest BCUT2D eigenvalue weighted by molar-refractivity contribution is -0.127. The number of nitrogens with one attached hydrogen (secondary N) is 4. The molecule has 4 amide bonds. The number of nitrogens with zero attached hydrogens (tertiary/aromatic N) is 4. The van der Waals surface area contributed by atoms with Gasteiger partial charge in [-0.3, -0.25) is 28.8 Å².